The number of ether oxygens (including phenoxy) is 1. The number of halogens is 1. The van der Waals surface area contributed by atoms with E-state index in [0.717, 1.165) is 28.6 Å². The van der Waals surface area contributed by atoms with Gasteiger partial charge >= 0.3 is 0 Å². The quantitative estimate of drug-likeness (QED) is 0.815. The molecule has 0 bridgehead atoms. The summed E-state index contributed by atoms with van der Waals surface area (Å²) in [7, 11) is 0. The SMILES string of the molecule is C[C@H](N)c1ccc(OCCCc2ccncc2)c(Br)c1. The van der Waals surface area contributed by atoms with E-state index in [4.69, 9.17) is 10.5 Å². The molecule has 2 rings (SSSR count). The van der Waals surface area contributed by atoms with Crippen LogP contribution in [0.1, 0.15) is 30.5 Å². The summed E-state index contributed by atoms with van der Waals surface area (Å²) in [5.74, 6) is 0.865. The van der Waals surface area contributed by atoms with Crippen molar-refractivity contribution in [2.24, 2.45) is 5.73 Å². The fraction of sp³-hybridized carbons (Fsp3) is 0.312. The second kappa shape index (κ2) is 7.41. The summed E-state index contributed by atoms with van der Waals surface area (Å²) in [6.45, 7) is 2.66. The summed E-state index contributed by atoms with van der Waals surface area (Å²) in [5, 5.41) is 0. The number of nitrogens with zero attached hydrogens (tertiary/aromatic N) is 1. The van der Waals surface area contributed by atoms with Crippen molar-refractivity contribution in [2.75, 3.05) is 6.61 Å². The van der Waals surface area contributed by atoms with Crippen LogP contribution in [-0.2, 0) is 6.42 Å². The Hall–Kier alpha value is -1.39. The van der Waals surface area contributed by atoms with E-state index in [0.29, 0.717) is 6.61 Å². The van der Waals surface area contributed by atoms with E-state index in [1.165, 1.54) is 5.56 Å². The molecule has 1 aromatic heterocycles. The summed E-state index contributed by atoms with van der Waals surface area (Å²) in [5.41, 5.74) is 8.24. The van der Waals surface area contributed by atoms with Gasteiger partial charge in [0.1, 0.15) is 5.75 Å². The van der Waals surface area contributed by atoms with Gasteiger partial charge in [0.25, 0.3) is 0 Å². The zero-order valence-corrected chi connectivity index (χ0v) is 13.1. The lowest BCUT2D eigenvalue weighted by Crippen LogP contribution is -2.05. The number of hydrogen-bond acceptors (Lipinski definition) is 3. The van der Waals surface area contributed by atoms with Crippen LogP contribution in [0.5, 0.6) is 5.75 Å². The average molecular weight is 335 g/mol. The monoisotopic (exact) mass is 334 g/mol. The normalized spacial score (nSPS) is 12.2. The second-order valence-electron chi connectivity index (χ2n) is 4.79. The zero-order valence-electron chi connectivity index (χ0n) is 11.6. The highest BCUT2D eigenvalue weighted by molar-refractivity contribution is 9.10. The van der Waals surface area contributed by atoms with Gasteiger partial charge in [-0.25, -0.2) is 0 Å². The highest BCUT2D eigenvalue weighted by atomic mass is 79.9. The lowest BCUT2D eigenvalue weighted by Gasteiger charge is -2.11. The molecular formula is C16H19BrN2O. The van der Waals surface area contributed by atoms with Gasteiger partial charge < -0.3 is 10.5 Å². The predicted octanol–water partition coefficient (Wildman–Crippen LogP) is 3.88. The Bertz CT molecular complexity index is 543. The fourth-order valence-corrected chi connectivity index (χ4v) is 2.44. The van der Waals surface area contributed by atoms with Gasteiger partial charge in [0.2, 0.25) is 0 Å². The van der Waals surface area contributed by atoms with Crippen LogP contribution in [0.25, 0.3) is 0 Å². The maximum atomic E-state index is 5.85. The smallest absolute Gasteiger partial charge is 0.133 e. The third-order valence-electron chi connectivity index (χ3n) is 3.10. The van der Waals surface area contributed by atoms with Crippen LogP contribution in [-0.4, -0.2) is 11.6 Å². The number of rotatable bonds is 6. The van der Waals surface area contributed by atoms with E-state index in [9.17, 15) is 0 Å². The molecule has 0 unspecified atom stereocenters. The van der Waals surface area contributed by atoms with Crippen LogP contribution >= 0.6 is 15.9 Å². The molecule has 0 aliphatic carbocycles. The van der Waals surface area contributed by atoms with Gasteiger partial charge in [-0.3, -0.25) is 4.98 Å². The Kier molecular flexibility index (Phi) is 5.56. The molecule has 0 aliphatic rings. The molecule has 2 N–H and O–H groups in total. The Balaban J connectivity index is 1.82. The van der Waals surface area contributed by atoms with Crippen LogP contribution in [0.2, 0.25) is 0 Å². The van der Waals surface area contributed by atoms with Gasteiger partial charge in [0.05, 0.1) is 11.1 Å². The first kappa shape index (κ1) is 15.0. The molecule has 4 heteroatoms. The van der Waals surface area contributed by atoms with Gasteiger partial charge in [-0.05, 0) is 71.1 Å². The molecule has 0 amide bonds. The van der Waals surface area contributed by atoms with Crippen LogP contribution in [0.3, 0.4) is 0 Å². The van der Waals surface area contributed by atoms with Crippen LogP contribution in [0.4, 0.5) is 0 Å². The molecule has 0 radical (unpaired) electrons. The molecule has 0 fully saturated rings. The molecule has 1 atom stereocenters. The molecular weight excluding hydrogens is 316 g/mol. The van der Waals surface area contributed by atoms with Crippen LogP contribution < -0.4 is 10.5 Å². The van der Waals surface area contributed by atoms with Crippen molar-refractivity contribution in [1.29, 1.82) is 0 Å². The Morgan fingerprint density at radius 2 is 2.00 bits per heavy atom. The van der Waals surface area contributed by atoms with E-state index in [2.05, 4.69) is 20.9 Å². The minimum Gasteiger partial charge on any atom is -0.492 e. The van der Waals surface area contributed by atoms with E-state index in [1.807, 2.05) is 49.6 Å². The van der Waals surface area contributed by atoms with Crippen molar-refractivity contribution in [3.63, 3.8) is 0 Å². The molecule has 106 valence electrons. The topological polar surface area (TPSA) is 48.1 Å². The molecule has 0 aliphatic heterocycles. The Morgan fingerprint density at radius 3 is 2.65 bits per heavy atom. The minimum absolute atomic E-state index is 0.0343. The predicted molar refractivity (Wildman–Crippen MR) is 84.8 cm³/mol. The third-order valence-corrected chi connectivity index (χ3v) is 3.72. The first-order chi connectivity index (χ1) is 9.66. The molecule has 20 heavy (non-hydrogen) atoms. The van der Waals surface area contributed by atoms with E-state index >= 15 is 0 Å². The average Bonchev–Trinajstić information content (AvgIpc) is 2.46. The number of aromatic nitrogens is 1. The van der Waals surface area contributed by atoms with Gasteiger partial charge in [-0.1, -0.05) is 6.07 Å². The first-order valence-electron chi connectivity index (χ1n) is 6.73. The number of pyridine rings is 1. The Morgan fingerprint density at radius 1 is 1.25 bits per heavy atom. The highest BCUT2D eigenvalue weighted by Crippen LogP contribution is 2.27. The zero-order chi connectivity index (χ0) is 14.4. The molecule has 1 heterocycles. The van der Waals surface area contributed by atoms with Gasteiger partial charge in [0.15, 0.2) is 0 Å². The van der Waals surface area contributed by atoms with Gasteiger partial charge in [-0.15, -0.1) is 0 Å². The Labute approximate surface area is 128 Å². The van der Waals surface area contributed by atoms with Crippen molar-refractivity contribution in [3.8, 4) is 5.75 Å². The minimum atomic E-state index is 0.0343. The maximum absolute atomic E-state index is 5.85. The summed E-state index contributed by atoms with van der Waals surface area (Å²) in [6.07, 6.45) is 5.61. The standard InChI is InChI=1S/C16H19BrN2O/c1-12(18)14-4-5-16(15(17)11-14)20-10-2-3-13-6-8-19-9-7-13/h4-9,11-12H,2-3,10,18H2,1H3/t12-/m0/s1. The first-order valence-corrected chi connectivity index (χ1v) is 7.53. The molecule has 0 saturated carbocycles. The fourth-order valence-electron chi connectivity index (χ4n) is 1.93. The maximum Gasteiger partial charge on any atom is 0.133 e. The second-order valence-corrected chi connectivity index (χ2v) is 5.64. The molecule has 0 saturated heterocycles. The van der Waals surface area contributed by atoms with E-state index in [1.54, 1.807) is 0 Å². The third kappa shape index (κ3) is 4.32. The summed E-state index contributed by atoms with van der Waals surface area (Å²) < 4.78 is 6.74. The van der Waals surface area contributed by atoms with Gasteiger partial charge in [-0.2, -0.15) is 0 Å². The lowest BCUT2D eigenvalue weighted by atomic mass is 10.1. The van der Waals surface area contributed by atoms with E-state index < -0.39 is 0 Å². The lowest BCUT2D eigenvalue weighted by molar-refractivity contribution is 0.309. The van der Waals surface area contributed by atoms with Crippen LogP contribution in [0.15, 0.2) is 47.2 Å². The number of hydrogen-bond donors (Lipinski definition) is 1. The molecule has 2 aromatic rings. The van der Waals surface area contributed by atoms with Crippen molar-refractivity contribution in [1.82, 2.24) is 4.98 Å². The van der Waals surface area contributed by atoms with Gasteiger partial charge in [0, 0.05) is 18.4 Å². The van der Waals surface area contributed by atoms with E-state index in [-0.39, 0.29) is 6.04 Å². The number of benzene rings is 1. The number of nitrogens with two attached hydrogens (primary N) is 1. The highest BCUT2D eigenvalue weighted by Gasteiger charge is 2.05. The van der Waals surface area contributed by atoms with Crippen molar-refractivity contribution >= 4 is 15.9 Å². The molecule has 1 aromatic carbocycles. The van der Waals surface area contributed by atoms with Crippen molar-refractivity contribution < 1.29 is 4.74 Å². The van der Waals surface area contributed by atoms with Crippen LogP contribution in [0, 0.1) is 0 Å². The summed E-state index contributed by atoms with van der Waals surface area (Å²) in [6, 6.07) is 10.1. The molecule has 0 spiro atoms. The number of aryl methyl sites for hydroxylation is 1. The summed E-state index contributed by atoms with van der Waals surface area (Å²) >= 11 is 3.52. The summed E-state index contributed by atoms with van der Waals surface area (Å²) in [4.78, 5) is 4.01. The van der Waals surface area contributed by atoms with Crippen molar-refractivity contribution in [3.05, 3.63) is 58.3 Å². The van der Waals surface area contributed by atoms with Crippen molar-refractivity contribution in [2.45, 2.75) is 25.8 Å². The molecule has 3 nitrogen and oxygen atoms in total. The largest absolute Gasteiger partial charge is 0.492 e.